The van der Waals surface area contributed by atoms with E-state index in [0.29, 0.717) is 63.6 Å². The van der Waals surface area contributed by atoms with Crippen molar-refractivity contribution in [2.75, 3.05) is 12.3 Å². The number of nitrogens with zero attached hydrogens (tertiary/aromatic N) is 2. The molecule has 0 aliphatic rings. The summed E-state index contributed by atoms with van der Waals surface area (Å²) >= 11 is 13.5. The van der Waals surface area contributed by atoms with E-state index >= 15 is 0 Å². The second kappa shape index (κ2) is 12.4. The average Bonchev–Trinajstić information content (AvgIpc) is 2.80. The SMILES string of the molecule is Cc1nc(SCCCC(=O)NCCc2ccc(Cl)cc2Cl)n(C)c(=O)c1Cc1ccccc1F. The van der Waals surface area contributed by atoms with Crippen LogP contribution < -0.4 is 10.9 Å². The Kier molecular flexibility index (Phi) is 9.56. The van der Waals surface area contributed by atoms with Crippen LogP contribution in [-0.4, -0.2) is 27.8 Å². The molecule has 9 heteroatoms. The molecule has 0 unspecified atom stereocenters. The Balaban J connectivity index is 1.47. The smallest absolute Gasteiger partial charge is 0.257 e. The lowest BCUT2D eigenvalue weighted by molar-refractivity contribution is -0.121. The maximum absolute atomic E-state index is 14.0. The number of hydrogen-bond acceptors (Lipinski definition) is 4. The number of aryl methyl sites for hydroxylation is 1. The van der Waals surface area contributed by atoms with Gasteiger partial charge in [0.15, 0.2) is 5.16 Å². The van der Waals surface area contributed by atoms with Crippen molar-refractivity contribution in [2.24, 2.45) is 7.05 Å². The standard InChI is InChI=1S/C25H26Cl2FN3O2S/c1-16-20(14-18-6-3-4-7-22(18)28)24(33)31(2)25(30-16)34-13-5-8-23(32)29-12-11-17-9-10-19(26)15-21(17)27/h3-4,6-7,9-10,15H,5,8,11-14H2,1-2H3,(H,29,32). The number of nitrogens with one attached hydrogen (secondary N) is 1. The number of thioether (sulfide) groups is 1. The maximum Gasteiger partial charge on any atom is 0.257 e. The molecule has 1 aromatic heterocycles. The van der Waals surface area contributed by atoms with Gasteiger partial charge in [-0.15, -0.1) is 0 Å². The minimum absolute atomic E-state index is 0.0380. The van der Waals surface area contributed by atoms with Crippen molar-refractivity contribution in [2.45, 2.75) is 37.8 Å². The first-order chi connectivity index (χ1) is 16.3. The third kappa shape index (κ3) is 7.08. The Morgan fingerprint density at radius 2 is 1.94 bits per heavy atom. The van der Waals surface area contributed by atoms with Crippen LogP contribution in [-0.2, 0) is 24.7 Å². The first kappa shape index (κ1) is 26.3. The molecule has 0 fully saturated rings. The molecule has 0 saturated heterocycles. The summed E-state index contributed by atoms with van der Waals surface area (Å²) in [6.45, 7) is 2.26. The van der Waals surface area contributed by atoms with E-state index in [2.05, 4.69) is 10.3 Å². The molecule has 3 aromatic rings. The van der Waals surface area contributed by atoms with E-state index in [9.17, 15) is 14.0 Å². The molecule has 2 aromatic carbocycles. The van der Waals surface area contributed by atoms with Gasteiger partial charge in [-0.2, -0.15) is 0 Å². The molecule has 0 saturated carbocycles. The third-order valence-electron chi connectivity index (χ3n) is 5.39. The highest BCUT2D eigenvalue weighted by Crippen LogP contribution is 2.21. The zero-order valence-electron chi connectivity index (χ0n) is 19.0. The molecule has 5 nitrogen and oxygen atoms in total. The summed E-state index contributed by atoms with van der Waals surface area (Å²) in [5, 5.41) is 4.65. The number of halogens is 3. The van der Waals surface area contributed by atoms with E-state index in [1.807, 2.05) is 6.07 Å². The zero-order valence-corrected chi connectivity index (χ0v) is 21.4. The van der Waals surface area contributed by atoms with Gasteiger partial charge in [-0.05, 0) is 49.1 Å². The van der Waals surface area contributed by atoms with Gasteiger partial charge in [0.25, 0.3) is 5.56 Å². The van der Waals surface area contributed by atoms with Crippen LogP contribution in [0.1, 0.15) is 35.2 Å². The van der Waals surface area contributed by atoms with Gasteiger partial charge in [-0.3, -0.25) is 14.2 Å². The molecule has 0 atom stereocenters. The van der Waals surface area contributed by atoms with Gasteiger partial charge in [0, 0.05) is 53.5 Å². The molecule has 34 heavy (non-hydrogen) atoms. The maximum atomic E-state index is 14.0. The monoisotopic (exact) mass is 521 g/mol. The molecular formula is C25H26Cl2FN3O2S. The molecule has 1 N–H and O–H groups in total. The third-order valence-corrected chi connectivity index (χ3v) is 7.09. The lowest BCUT2D eigenvalue weighted by Crippen LogP contribution is -2.26. The largest absolute Gasteiger partial charge is 0.356 e. The lowest BCUT2D eigenvalue weighted by atomic mass is 10.0. The van der Waals surface area contributed by atoms with Crippen molar-refractivity contribution in [1.29, 1.82) is 0 Å². The predicted molar refractivity (Wildman–Crippen MR) is 137 cm³/mol. The minimum Gasteiger partial charge on any atom is -0.356 e. The van der Waals surface area contributed by atoms with E-state index in [4.69, 9.17) is 23.2 Å². The summed E-state index contributed by atoms with van der Waals surface area (Å²) in [4.78, 5) is 29.5. The molecule has 0 radical (unpaired) electrons. The van der Waals surface area contributed by atoms with Crippen LogP contribution in [0.5, 0.6) is 0 Å². The number of carbonyl (C=O) groups excluding carboxylic acids is 1. The Morgan fingerprint density at radius 3 is 2.68 bits per heavy atom. The van der Waals surface area contributed by atoms with Gasteiger partial charge in [0.2, 0.25) is 5.91 Å². The summed E-state index contributed by atoms with van der Waals surface area (Å²) in [7, 11) is 1.66. The van der Waals surface area contributed by atoms with Crippen molar-refractivity contribution in [3.8, 4) is 0 Å². The summed E-state index contributed by atoms with van der Waals surface area (Å²) in [5.74, 6) is 0.268. The number of benzene rings is 2. The van der Waals surface area contributed by atoms with Gasteiger partial charge in [-0.25, -0.2) is 9.37 Å². The molecule has 180 valence electrons. The molecule has 0 aliphatic carbocycles. The van der Waals surface area contributed by atoms with Gasteiger partial charge >= 0.3 is 0 Å². The van der Waals surface area contributed by atoms with Crippen LogP contribution in [0.15, 0.2) is 52.4 Å². The minimum atomic E-state index is -0.336. The van der Waals surface area contributed by atoms with E-state index < -0.39 is 0 Å². The lowest BCUT2D eigenvalue weighted by Gasteiger charge is -2.12. The molecule has 0 aliphatic heterocycles. The van der Waals surface area contributed by atoms with Gasteiger partial charge in [-0.1, -0.05) is 59.2 Å². The number of hydrogen-bond donors (Lipinski definition) is 1. The zero-order chi connectivity index (χ0) is 24.7. The normalized spacial score (nSPS) is 11.0. The van der Waals surface area contributed by atoms with Gasteiger partial charge in [0.05, 0.1) is 0 Å². The molecule has 3 rings (SSSR count). The highest BCUT2D eigenvalue weighted by atomic mass is 35.5. The van der Waals surface area contributed by atoms with Crippen molar-refractivity contribution in [1.82, 2.24) is 14.9 Å². The number of carbonyl (C=O) groups is 1. The van der Waals surface area contributed by atoms with Crippen LogP contribution in [0.2, 0.25) is 10.0 Å². The Hall–Kier alpha value is -2.35. The Morgan fingerprint density at radius 1 is 1.18 bits per heavy atom. The Labute approximate surface area is 212 Å². The van der Waals surface area contributed by atoms with Gasteiger partial charge in [0.1, 0.15) is 5.82 Å². The molecule has 1 heterocycles. The Bertz CT molecular complexity index is 1230. The predicted octanol–water partition coefficient (Wildman–Crippen LogP) is 5.36. The van der Waals surface area contributed by atoms with E-state index in [1.54, 1.807) is 44.3 Å². The van der Waals surface area contributed by atoms with Crippen LogP contribution in [0, 0.1) is 12.7 Å². The molecule has 1 amide bonds. The second-order valence-electron chi connectivity index (χ2n) is 7.88. The fourth-order valence-electron chi connectivity index (χ4n) is 3.44. The highest BCUT2D eigenvalue weighted by Gasteiger charge is 2.14. The van der Waals surface area contributed by atoms with Crippen LogP contribution >= 0.6 is 35.0 Å². The van der Waals surface area contributed by atoms with Crippen LogP contribution in [0.3, 0.4) is 0 Å². The fraction of sp³-hybridized carbons (Fsp3) is 0.320. The van der Waals surface area contributed by atoms with E-state index in [-0.39, 0.29) is 23.7 Å². The van der Waals surface area contributed by atoms with Crippen molar-refractivity contribution >= 4 is 40.9 Å². The summed E-state index contributed by atoms with van der Waals surface area (Å²) in [5.41, 5.74) is 2.29. The summed E-state index contributed by atoms with van der Waals surface area (Å²) in [6, 6.07) is 11.7. The first-order valence-electron chi connectivity index (χ1n) is 10.9. The second-order valence-corrected chi connectivity index (χ2v) is 9.78. The van der Waals surface area contributed by atoms with E-state index in [1.165, 1.54) is 22.4 Å². The highest BCUT2D eigenvalue weighted by molar-refractivity contribution is 7.99. The number of amides is 1. The quantitative estimate of drug-likeness (QED) is 0.221. The van der Waals surface area contributed by atoms with Crippen LogP contribution in [0.4, 0.5) is 4.39 Å². The summed E-state index contributed by atoms with van der Waals surface area (Å²) in [6.07, 6.45) is 1.84. The first-order valence-corrected chi connectivity index (χ1v) is 12.6. The van der Waals surface area contributed by atoms with Crippen molar-refractivity contribution in [3.05, 3.63) is 91.1 Å². The molecular weight excluding hydrogens is 496 g/mol. The number of aromatic nitrogens is 2. The topological polar surface area (TPSA) is 64.0 Å². The van der Waals surface area contributed by atoms with E-state index in [0.717, 1.165) is 5.56 Å². The fourth-order valence-corrected chi connectivity index (χ4v) is 4.89. The molecule has 0 bridgehead atoms. The van der Waals surface area contributed by atoms with Crippen molar-refractivity contribution < 1.29 is 9.18 Å². The van der Waals surface area contributed by atoms with Crippen LogP contribution in [0.25, 0.3) is 0 Å². The van der Waals surface area contributed by atoms with Gasteiger partial charge < -0.3 is 5.32 Å². The summed E-state index contributed by atoms with van der Waals surface area (Å²) < 4.78 is 15.5. The average molecular weight is 522 g/mol. The molecule has 0 spiro atoms. The van der Waals surface area contributed by atoms with Crippen molar-refractivity contribution in [3.63, 3.8) is 0 Å². The number of rotatable bonds is 10.